The summed E-state index contributed by atoms with van der Waals surface area (Å²) in [4.78, 5) is 0. The van der Waals surface area contributed by atoms with Crippen molar-refractivity contribution in [3.05, 3.63) is 33.8 Å². The van der Waals surface area contributed by atoms with Gasteiger partial charge in [0.1, 0.15) is 0 Å². The van der Waals surface area contributed by atoms with Crippen molar-refractivity contribution in [1.29, 1.82) is 0 Å². The number of hydrogen-bond donors (Lipinski definition) is 1. The van der Waals surface area contributed by atoms with Crippen molar-refractivity contribution in [2.75, 3.05) is 6.54 Å². The summed E-state index contributed by atoms with van der Waals surface area (Å²) in [5, 5.41) is 3.82. The Morgan fingerprint density at radius 3 is 2.60 bits per heavy atom. The summed E-state index contributed by atoms with van der Waals surface area (Å²) in [6.45, 7) is 8.01. The zero-order chi connectivity index (χ0) is 14.5. The van der Waals surface area contributed by atoms with Crippen LogP contribution in [-0.2, 0) is 0 Å². The summed E-state index contributed by atoms with van der Waals surface area (Å²) in [5.41, 5.74) is 2.91. The average molecular weight is 338 g/mol. The lowest BCUT2D eigenvalue weighted by Crippen LogP contribution is -2.31. The maximum atomic E-state index is 3.82. The first kappa shape index (κ1) is 16.0. The number of benzene rings is 1. The normalized spacial score (nSPS) is 24.6. The van der Waals surface area contributed by atoms with Crippen LogP contribution in [0.2, 0.25) is 0 Å². The van der Waals surface area contributed by atoms with E-state index in [2.05, 4.69) is 60.2 Å². The largest absolute Gasteiger partial charge is 0.310 e. The predicted octanol–water partition coefficient (Wildman–Crippen LogP) is 5.62. The van der Waals surface area contributed by atoms with E-state index in [9.17, 15) is 0 Å². The monoisotopic (exact) mass is 337 g/mol. The molecule has 2 heteroatoms. The van der Waals surface area contributed by atoms with Gasteiger partial charge in [0.05, 0.1) is 0 Å². The van der Waals surface area contributed by atoms with Crippen LogP contribution >= 0.6 is 15.9 Å². The highest BCUT2D eigenvalue weighted by Crippen LogP contribution is 2.38. The second-order valence-corrected chi connectivity index (χ2v) is 7.37. The molecule has 0 heterocycles. The number of hydrogen-bond acceptors (Lipinski definition) is 1. The van der Waals surface area contributed by atoms with Gasteiger partial charge in [0.25, 0.3) is 0 Å². The van der Waals surface area contributed by atoms with Gasteiger partial charge >= 0.3 is 0 Å². The van der Waals surface area contributed by atoms with E-state index >= 15 is 0 Å². The molecule has 0 aromatic heterocycles. The number of halogens is 1. The van der Waals surface area contributed by atoms with Crippen LogP contribution < -0.4 is 5.32 Å². The third-order valence-electron chi connectivity index (χ3n) is 4.72. The van der Waals surface area contributed by atoms with E-state index in [0.29, 0.717) is 6.04 Å². The van der Waals surface area contributed by atoms with E-state index in [0.717, 1.165) is 18.4 Å². The molecule has 1 aliphatic carbocycles. The fraction of sp³-hybridized carbons (Fsp3) is 0.667. The number of rotatable bonds is 5. The van der Waals surface area contributed by atoms with Crippen LogP contribution in [0.1, 0.15) is 63.1 Å². The van der Waals surface area contributed by atoms with E-state index < -0.39 is 0 Å². The van der Waals surface area contributed by atoms with E-state index in [1.807, 2.05) is 0 Å². The van der Waals surface area contributed by atoms with Gasteiger partial charge in [0.2, 0.25) is 0 Å². The Kier molecular flexibility index (Phi) is 6.10. The van der Waals surface area contributed by atoms with Crippen LogP contribution in [0.5, 0.6) is 0 Å². The fourth-order valence-electron chi connectivity index (χ4n) is 3.40. The van der Waals surface area contributed by atoms with Crippen molar-refractivity contribution in [3.8, 4) is 0 Å². The Hall–Kier alpha value is -0.340. The minimum absolute atomic E-state index is 0.528. The molecule has 0 saturated heterocycles. The Labute approximate surface area is 132 Å². The molecular formula is C18H28BrN. The van der Waals surface area contributed by atoms with Crippen LogP contribution in [0.3, 0.4) is 0 Å². The second-order valence-electron chi connectivity index (χ2n) is 6.45. The first-order chi connectivity index (χ1) is 9.61. The van der Waals surface area contributed by atoms with E-state index in [1.54, 1.807) is 0 Å². The Balaban J connectivity index is 2.20. The SMILES string of the molecule is CCCNC(c1cc(Br)ccc1C)C1CCC(C)CC1. The van der Waals surface area contributed by atoms with Gasteiger partial charge in [-0.3, -0.25) is 0 Å². The zero-order valence-electron chi connectivity index (χ0n) is 13.1. The molecule has 1 nitrogen and oxygen atoms in total. The van der Waals surface area contributed by atoms with Crippen molar-refractivity contribution < 1.29 is 0 Å². The molecule has 112 valence electrons. The zero-order valence-corrected chi connectivity index (χ0v) is 14.7. The smallest absolute Gasteiger partial charge is 0.0351 e. The summed E-state index contributed by atoms with van der Waals surface area (Å²) in [6, 6.07) is 7.24. The second kappa shape index (κ2) is 7.61. The van der Waals surface area contributed by atoms with Gasteiger partial charge in [0, 0.05) is 10.5 Å². The molecule has 1 unspecified atom stereocenters. The van der Waals surface area contributed by atoms with Crippen LogP contribution in [-0.4, -0.2) is 6.54 Å². The van der Waals surface area contributed by atoms with Gasteiger partial charge in [-0.1, -0.05) is 48.7 Å². The van der Waals surface area contributed by atoms with Gasteiger partial charge in [-0.15, -0.1) is 0 Å². The van der Waals surface area contributed by atoms with Crippen LogP contribution in [0.25, 0.3) is 0 Å². The minimum atomic E-state index is 0.528. The molecule has 0 radical (unpaired) electrons. The quantitative estimate of drug-likeness (QED) is 0.734. The topological polar surface area (TPSA) is 12.0 Å². The molecule has 1 aromatic carbocycles. The highest BCUT2D eigenvalue weighted by molar-refractivity contribution is 9.10. The minimum Gasteiger partial charge on any atom is -0.310 e. The van der Waals surface area contributed by atoms with Crippen molar-refractivity contribution in [2.45, 2.75) is 58.9 Å². The van der Waals surface area contributed by atoms with Crippen LogP contribution in [0, 0.1) is 18.8 Å². The van der Waals surface area contributed by atoms with Gasteiger partial charge in [-0.25, -0.2) is 0 Å². The van der Waals surface area contributed by atoms with Crippen LogP contribution in [0.4, 0.5) is 0 Å². The summed E-state index contributed by atoms with van der Waals surface area (Å²) in [6.07, 6.45) is 6.72. The highest BCUT2D eigenvalue weighted by Gasteiger charge is 2.27. The maximum absolute atomic E-state index is 3.82. The Morgan fingerprint density at radius 1 is 1.25 bits per heavy atom. The van der Waals surface area contributed by atoms with Crippen molar-refractivity contribution in [2.24, 2.45) is 11.8 Å². The molecular weight excluding hydrogens is 310 g/mol. The van der Waals surface area contributed by atoms with Gasteiger partial charge in [0.15, 0.2) is 0 Å². The first-order valence-corrected chi connectivity index (χ1v) is 8.90. The molecule has 2 rings (SSSR count). The average Bonchev–Trinajstić information content (AvgIpc) is 2.44. The molecule has 20 heavy (non-hydrogen) atoms. The van der Waals surface area contributed by atoms with Gasteiger partial charge in [-0.05, 0) is 67.8 Å². The molecule has 1 saturated carbocycles. The van der Waals surface area contributed by atoms with Crippen molar-refractivity contribution in [1.82, 2.24) is 5.32 Å². The molecule has 1 fully saturated rings. The first-order valence-electron chi connectivity index (χ1n) is 8.11. The fourth-order valence-corrected chi connectivity index (χ4v) is 3.77. The van der Waals surface area contributed by atoms with Crippen molar-refractivity contribution in [3.63, 3.8) is 0 Å². The lowest BCUT2D eigenvalue weighted by Gasteiger charge is -2.34. The molecule has 1 N–H and O–H groups in total. The highest BCUT2D eigenvalue weighted by atomic mass is 79.9. The predicted molar refractivity (Wildman–Crippen MR) is 91.0 cm³/mol. The number of aryl methyl sites for hydroxylation is 1. The molecule has 0 bridgehead atoms. The lowest BCUT2D eigenvalue weighted by atomic mass is 9.76. The van der Waals surface area contributed by atoms with Crippen molar-refractivity contribution >= 4 is 15.9 Å². The third-order valence-corrected chi connectivity index (χ3v) is 5.22. The van der Waals surface area contributed by atoms with Crippen LogP contribution in [0.15, 0.2) is 22.7 Å². The summed E-state index contributed by atoms with van der Waals surface area (Å²) in [7, 11) is 0. The molecule has 0 spiro atoms. The standard InChI is InChI=1S/C18H28BrN/c1-4-11-20-18(15-8-5-13(2)6-9-15)17-12-16(19)10-7-14(17)3/h7,10,12-13,15,18,20H,4-6,8-9,11H2,1-3H3. The van der Waals surface area contributed by atoms with Gasteiger partial charge < -0.3 is 5.32 Å². The maximum Gasteiger partial charge on any atom is 0.0351 e. The number of nitrogens with one attached hydrogen (secondary N) is 1. The Morgan fingerprint density at radius 2 is 1.95 bits per heavy atom. The molecule has 1 atom stereocenters. The molecule has 0 aliphatic heterocycles. The molecule has 1 aliphatic rings. The van der Waals surface area contributed by atoms with E-state index in [4.69, 9.17) is 0 Å². The lowest BCUT2D eigenvalue weighted by molar-refractivity contribution is 0.231. The van der Waals surface area contributed by atoms with E-state index in [1.165, 1.54) is 47.7 Å². The van der Waals surface area contributed by atoms with Gasteiger partial charge in [-0.2, -0.15) is 0 Å². The Bertz CT molecular complexity index is 421. The summed E-state index contributed by atoms with van der Waals surface area (Å²) >= 11 is 3.64. The van der Waals surface area contributed by atoms with E-state index in [-0.39, 0.29) is 0 Å². The third kappa shape index (κ3) is 4.08. The summed E-state index contributed by atoms with van der Waals surface area (Å²) in [5.74, 6) is 1.72. The molecule has 0 amide bonds. The summed E-state index contributed by atoms with van der Waals surface area (Å²) < 4.78 is 1.20. The molecule has 1 aromatic rings.